The first-order chi connectivity index (χ1) is 11.3. The predicted molar refractivity (Wildman–Crippen MR) is 82.0 cm³/mol. The average Bonchev–Trinajstić information content (AvgIpc) is 3.03. The van der Waals surface area contributed by atoms with Crippen LogP contribution in [0.4, 0.5) is 0 Å². The summed E-state index contributed by atoms with van der Waals surface area (Å²) in [6.45, 7) is 1.80. The van der Waals surface area contributed by atoms with Crippen molar-refractivity contribution in [3.05, 3.63) is 30.1 Å². The number of hydrogen-bond donors (Lipinski definition) is 1. The Balaban J connectivity index is 1.47. The molecule has 1 saturated carbocycles. The molecule has 1 aliphatic heterocycles. The Morgan fingerprint density at radius 3 is 2.87 bits per heavy atom. The molecule has 1 aromatic carbocycles. The lowest BCUT2D eigenvalue weighted by Gasteiger charge is -2.25. The van der Waals surface area contributed by atoms with Crippen molar-refractivity contribution in [2.45, 2.75) is 19.3 Å². The summed E-state index contributed by atoms with van der Waals surface area (Å²) < 4.78 is 12.6. The van der Waals surface area contributed by atoms with Crippen LogP contribution in [0.15, 0.2) is 24.4 Å². The highest BCUT2D eigenvalue weighted by molar-refractivity contribution is 5.91. The van der Waals surface area contributed by atoms with E-state index in [1.165, 1.54) is 19.3 Å². The number of amides is 1. The van der Waals surface area contributed by atoms with Crippen molar-refractivity contribution < 1.29 is 14.3 Å². The van der Waals surface area contributed by atoms with E-state index in [2.05, 4.69) is 15.6 Å². The Kier molecular flexibility index (Phi) is 3.61. The zero-order valence-electron chi connectivity index (χ0n) is 12.7. The van der Waals surface area contributed by atoms with Gasteiger partial charge in [0, 0.05) is 12.6 Å². The summed E-state index contributed by atoms with van der Waals surface area (Å²) in [6.07, 6.45) is 5.29. The molecule has 0 saturated heterocycles. The smallest absolute Gasteiger partial charge is 0.273 e. The molecule has 2 aromatic rings. The van der Waals surface area contributed by atoms with Gasteiger partial charge >= 0.3 is 0 Å². The number of fused-ring (bicyclic) bond motifs is 1. The van der Waals surface area contributed by atoms with Crippen LogP contribution in [0.3, 0.4) is 0 Å². The van der Waals surface area contributed by atoms with Gasteiger partial charge in [-0.25, -0.2) is 4.68 Å². The van der Waals surface area contributed by atoms with Crippen LogP contribution in [0, 0.1) is 5.92 Å². The Morgan fingerprint density at radius 1 is 1.26 bits per heavy atom. The van der Waals surface area contributed by atoms with E-state index in [1.54, 1.807) is 10.9 Å². The highest BCUT2D eigenvalue weighted by Crippen LogP contribution is 2.31. The molecule has 0 spiro atoms. The van der Waals surface area contributed by atoms with Crippen LogP contribution < -0.4 is 14.8 Å². The second kappa shape index (κ2) is 5.91. The van der Waals surface area contributed by atoms with Gasteiger partial charge in [0.05, 0.1) is 11.9 Å². The number of carbonyl (C=O) groups excluding carboxylic acids is 1. The van der Waals surface area contributed by atoms with Gasteiger partial charge in [0.15, 0.2) is 17.2 Å². The molecule has 1 N–H and O–H groups in total. The van der Waals surface area contributed by atoms with Gasteiger partial charge in [-0.15, -0.1) is 5.10 Å². The van der Waals surface area contributed by atoms with E-state index in [0.717, 1.165) is 18.0 Å². The molecule has 2 heterocycles. The third kappa shape index (κ3) is 2.86. The number of ether oxygens (including phenoxy) is 2. The van der Waals surface area contributed by atoms with Crippen LogP contribution in [-0.4, -0.2) is 40.7 Å². The second-order valence-corrected chi connectivity index (χ2v) is 5.88. The van der Waals surface area contributed by atoms with Gasteiger partial charge in [0.25, 0.3) is 5.91 Å². The molecular formula is C16H18N4O3. The fraction of sp³-hybridized carbons (Fsp3) is 0.438. The van der Waals surface area contributed by atoms with Crippen LogP contribution in [0.5, 0.6) is 11.5 Å². The van der Waals surface area contributed by atoms with Crippen molar-refractivity contribution >= 4 is 5.91 Å². The molecule has 1 aliphatic carbocycles. The Hall–Kier alpha value is -2.57. The van der Waals surface area contributed by atoms with E-state index in [-0.39, 0.29) is 5.91 Å². The normalized spacial score (nSPS) is 16.7. The number of nitrogens with one attached hydrogen (secondary N) is 1. The van der Waals surface area contributed by atoms with Crippen LogP contribution in [-0.2, 0) is 0 Å². The third-order valence-corrected chi connectivity index (χ3v) is 4.29. The summed E-state index contributed by atoms with van der Waals surface area (Å²) in [7, 11) is 0. The molecule has 1 amide bonds. The Morgan fingerprint density at radius 2 is 2.09 bits per heavy atom. The van der Waals surface area contributed by atoms with Gasteiger partial charge in [0.1, 0.15) is 13.2 Å². The Bertz CT molecular complexity index is 724. The lowest BCUT2D eigenvalue weighted by molar-refractivity contribution is 0.0934. The minimum Gasteiger partial charge on any atom is -0.486 e. The number of benzene rings is 1. The van der Waals surface area contributed by atoms with E-state index in [9.17, 15) is 4.79 Å². The van der Waals surface area contributed by atoms with Gasteiger partial charge in [-0.1, -0.05) is 11.6 Å². The first kappa shape index (κ1) is 14.0. The van der Waals surface area contributed by atoms with Crippen LogP contribution in [0.25, 0.3) is 5.69 Å². The summed E-state index contributed by atoms with van der Waals surface area (Å²) in [5.74, 6) is 1.84. The molecule has 1 fully saturated rings. The minimum atomic E-state index is -0.180. The van der Waals surface area contributed by atoms with Gasteiger partial charge in [0.2, 0.25) is 0 Å². The van der Waals surface area contributed by atoms with Crippen molar-refractivity contribution in [3.8, 4) is 17.2 Å². The molecular weight excluding hydrogens is 296 g/mol. The van der Waals surface area contributed by atoms with E-state index in [4.69, 9.17) is 9.47 Å². The van der Waals surface area contributed by atoms with Gasteiger partial charge in [-0.3, -0.25) is 4.79 Å². The molecule has 7 nitrogen and oxygen atoms in total. The molecule has 7 heteroatoms. The molecule has 0 unspecified atom stereocenters. The molecule has 4 rings (SSSR count). The Labute approximate surface area is 133 Å². The maximum absolute atomic E-state index is 12.1. The van der Waals surface area contributed by atoms with Gasteiger partial charge < -0.3 is 14.8 Å². The van der Waals surface area contributed by atoms with E-state index >= 15 is 0 Å². The van der Waals surface area contributed by atoms with Crippen molar-refractivity contribution in [1.29, 1.82) is 0 Å². The molecule has 1 aromatic heterocycles. The van der Waals surface area contributed by atoms with Crippen molar-refractivity contribution in [3.63, 3.8) is 0 Å². The monoisotopic (exact) mass is 314 g/mol. The average molecular weight is 314 g/mol. The summed E-state index contributed by atoms with van der Waals surface area (Å²) in [6, 6.07) is 5.53. The topological polar surface area (TPSA) is 78.3 Å². The second-order valence-electron chi connectivity index (χ2n) is 5.88. The maximum atomic E-state index is 12.1. The number of hydrogen-bond acceptors (Lipinski definition) is 5. The third-order valence-electron chi connectivity index (χ3n) is 4.29. The molecule has 0 bridgehead atoms. The largest absolute Gasteiger partial charge is 0.486 e. The molecule has 0 radical (unpaired) electrons. The van der Waals surface area contributed by atoms with Crippen molar-refractivity contribution in [1.82, 2.24) is 20.3 Å². The molecule has 0 atom stereocenters. The van der Waals surface area contributed by atoms with Gasteiger partial charge in [-0.05, 0) is 30.9 Å². The van der Waals surface area contributed by atoms with Crippen LogP contribution in [0.1, 0.15) is 29.8 Å². The van der Waals surface area contributed by atoms with Crippen LogP contribution in [0.2, 0.25) is 0 Å². The summed E-state index contributed by atoms with van der Waals surface area (Å²) in [5, 5.41) is 10.9. The standard InChI is InChI=1S/C16H18N4O3/c21-16(17-9-11-2-1-3-11)13-10-20(19-18-13)12-4-5-14-15(8-12)23-7-6-22-14/h4-5,8,10-11H,1-3,6-7,9H2,(H,17,21). The number of nitrogens with zero attached hydrogens (tertiary/aromatic N) is 3. The minimum absolute atomic E-state index is 0.180. The highest BCUT2D eigenvalue weighted by atomic mass is 16.6. The lowest BCUT2D eigenvalue weighted by atomic mass is 9.85. The molecule has 120 valence electrons. The van der Waals surface area contributed by atoms with Crippen molar-refractivity contribution in [2.75, 3.05) is 19.8 Å². The number of rotatable bonds is 4. The zero-order valence-corrected chi connectivity index (χ0v) is 12.7. The lowest BCUT2D eigenvalue weighted by Crippen LogP contribution is -2.32. The SMILES string of the molecule is O=C(NCC1CCC1)c1cn(-c2ccc3c(c2)OCCO3)nn1. The van der Waals surface area contributed by atoms with E-state index in [0.29, 0.717) is 30.6 Å². The summed E-state index contributed by atoms with van der Waals surface area (Å²) >= 11 is 0. The fourth-order valence-electron chi connectivity index (χ4n) is 2.69. The number of carbonyl (C=O) groups is 1. The predicted octanol–water partition coefficient (Wildman–Crippen LogP) is 1.57. The zero-order chi connectivity index (χ0) is 15.6. The fourth-order valence-corrected chi connectivity index (χ4v) is 2.69. The van der Waals surface area contributed by atoms with E-state index in [1.807, 2.05) is 18.2 Å². The summed E-state index contributed by atoms with van der Waals surface area (Å²) in [5.41, 5.74) is 1.10. The first-order valence-corrected chi connectivity index (χ1v) is 7.90. The summed E-state index contributed by atoms with van der Waals surface area (Å²) in [4.78, 5) is 12.1. The maximum Gasteiger partial charge on any atom is 0.273 e. The first-order valence-electron chi connectivity index (χ1n) is 7.90. The number of aromatic nitrogens is 3. The highest BCUT2D eigenvalue weighted by Gasteiger charge is 2.20. The van der Waals surface area contributed by atoms with Crippen molar-refractivity contribution in [2.24, 2.45) is 5.92 Å². The molecule has 2 aliphatic rings. The van der Waals surface area contributed by atoms with E-state index < -0.39 is 0 Å². The van der Waals surface area contributed by atoms with Gasteiger partial charge in [-0.2, -0.15) is 0 Å². The quantitative estimate of drug-likeness (QED) is 0.927. The molecule has 23 heavy (non-hydrogen) atoms. The van der Waals surface area contributed by atoms with Crippen LogP contribution >= 0.6 is 0 Å².